The van der Waals surface area contributed by atoms with Gasteiger partial charge in [-0.05, 0) is 32.4 Å². The molecule has 2 rings (SSSR count). The summed E-state index contributed by atoms with van der Waals surface area (Å²) in [5, 5.41) is 10.7. The minimum Gasteiger partial charge on any atom is -0.316 e. The van der Waals surface area contributed by atoms with E-state index in [0.717, 1.165) is 12.2 Å². The zero-order chi connectivity index (χ0) is 8.39. The van der Waals surface area contributed by atoms with E-state index in [1.807, 2.05) is 6.92 Å². The Balaban J connectivity index is 2.08. The predicted molar refractivity (Wildman–Crippen MR) is 48.2 cm³/mol. The molecule has 66 valence electrons. The maximum absolute atomic E-state index is 4.27. The molecule has 1 fully saturated rings. The zero-order valence-electron chi connectivity index (χ0n) is 7.43. The number of rotatable bonds is 1. The molecule has 2 N–H and O–H groups in total. The van der Waals surface area contributed by atoms with Gasteiger partial charge in [0, 0.05) is 18.2 Å². The summed E-state index contributed by atoms with van der Waals surface area (Å²) in [7, 11) is 0. The molecular formula is C9H15N3. The molecule has 2 heterocycles. The van der Waals surface area contributed by atoms with Crippen LogP contribution >= 0.6 is 0 Å². The van der Waals surface area contributed by atoms with Gasteiger partial charge in [0.15, 0.2) is 0 Å². The Morgan fingerprint density at radius 3 is 3.08 bits per heavy atom. The van der Waals surface area contributed by atoms with Crippen molar-refractivity contribution in [2.45, 2.75) is 25.7 Å². The van der Waals surface area contributed by atoms with E-state index in [0.29, 0.717) is 5.92 Å². The minimum absolute atomic E-state index is 0.628. The average molecular weight is 165 g/mol. The summed E-state index contributed by atoms with van der Waals surface area (Å²) >= 11 is 0. The Morgan fingerprint density at radius 1 is 1.58 bits per heavy atom. The maximum Gasteiger partial charge on any atom is 0.0668 e. The van der Waals surface area contributed by atoms with Crippen LogP contribution in [-0.2, 0) is 0 Å². The van der Waals surface area contributed by atoms with E-state index < -0.39 is 0 Å². The van der Waals surface area contributed by atoms with Crippen molar-refractivity contribution in [2.75, 3.05) is 13.1 Å². The second-order valence-corrected chi connectivity index (χ2v) is 3.52. The summed E-state index contributed by atoms with van der Waals surface area (Å²) < 4.78 is 0. The van der Waals surface area contributed by atoms with Crippen molar-refractivity contribution in [3.05, 3.63) is 17.5 Å². The number of hydrogen-bond donors (Lipinski definition) is 2. The Kier molecular flexibility index (Phi) is 2.13. The first-order chi connectivity index (χ1) is 5.86. The Bertz CT molecular complexity index is 248. The fourth-order valence-electron chi connectivity index (χ4n) is 1.75. The lowest BCUT2D eigenvalue weighted by Crippen LogP contribution is -2.28. The molecule has 1 aliphatic heterocycles. The van der Waals surface area contributed by atoms with Crippen molar-refractivity contribution in [3.63, 3.8) is 0 Å². The number of piperidine rings is 1. The molecule has 1 atom stereocenters. The molecule has 0 saturated carbocycles. The summed E-state index contributed by atoms with van der Waals surface area (Å²) in [6.45, 7) is 4.30. The van der Waals surface area contributed by atoms with E-state index >= 15 is 0 Å². The minimum atomic E-state index is 0.628. The molecule has 0 radical (unpaired) electrons. The van der Waals surface area contributed by atoms with Crippen LogP contribution in [0.15, 0.2) is 6.07 Å². The molecule has 0 aromatic carbocycles. The largest absolute Gasteiger partial charge is 0.316 e. The molecule has 1 aromatic rings. The Morgan fingerprint density at radius 2 is 2.50 bits per heavy atom. The van der Waals surface area contributed by atoms with Gasteiger partial charge in [0.25, 0.3) is 0 Å². The van der Waals surface area contributed by atoms with Crippen molar-refractivity contribution in [2.24, 2.45) is 0 Å². The molecule has 1 saturated heterocycles. The van der Waals surface area contributed by atoms with Crippen LogP contribution in [0.1, 0.15) is 30.1 Å². The molecule has 0 amide bonds. The Labute approximate surface area is 72.6 Å². The molecular weight excluding hydrogens is 150 g/mol. The lowest BCUT2D eigenvalue weighted by atomic mass is 9.96. The number of H-pyrrole nitrogens is 1. The highest BCUT2D eigenvalue weighted by Gasteiger charge is 2.16. The van der Waals surface area contributed by atoms with Crippen LogP contribution in [0.25, 0.3) is 0 Å². The van der Waals surface area contributed by atoms with E-state index in [1.165, 1.54) is 25.1 Å². The monoisotopic (exact) mass is 165 g/mol. The summed E-state index contributed by atoms with van der Waals surface area (Å²) in [6, 6.07) is 2.15. The van der Waals surface area contributed by atoms with E-state index in [-0.39, 0.29) is 0 Å². The summed E-state index contributed by atoms with van der Waals surface area (Å²) in [4.78, 5) is 0. The van der Waals surface area contributed by atoms with Gasteiger partial charge in [0.2, 0.25) is 0 Å². The number of nitrogens with zero attached hydrogens (tertiary/aromatic N) is 1. The lowest BCUT2D eigenvalue weighted by Gasteiger charge is -2.20. The van der Waals surface area contributed by atoms with Crippen molar-refractivity contribution in [1.29, 1.82) is 0 Å². The number of aryl methyl sites for hydroxylation is 1. The Hall–Kier alpha value is -0.830. The van der Waals surface area contributed by atoms with Crippen LogP contribution in [0.3, 0.4) is 0 Å². The van der Waals surface area contributed by atoms with E-state index in [4.69, 9.17) is 0 Å². The fraction of sp³-hybridized carbons (Fsp3) is 0.667. The molecule has 1 aliphatic rings. The summed E-state index contributed by atoms with van der Waals surface area (Å²) in [5.74, 6) is 0.628. The van der Waals surface area contributed by atoms with Crippen LogP contribution < -0.4 is 5.32 Å². The molecule has 0 spiro atoms. The number of aromatic nitrogens is 2. The third kappa shape index (κ3) is 1.50. The highest BCUT2D eigenvalue weighted by Crippen LogP contribution is 2.21. The average Bonchev–Trinajstić information content (AvgIpc) is 2.54. The number of nitrogens with one attached hydrogen (secondary N) is 2. The van der Waals surface area contributed by atoms with E-state index in [2.05, 4.69) is 21.6 Å². The quantitative estimate of drug-likeness (QED) is 0.656. The molecule has 1 aromatic heterocycles. The van der Waals surface area contributed by atoms with Crippen molar-refractivity contribution >= 4 is 0 Å². The SMILES string of the molecule is Cc1cc([C@H]2CCCNC2)n[nH]1. The van der Waals surface area contributed by atoms with Gasteiger partial charge < -0.3 is 5.32 Å². The standard InChI is InChI=1S/C9H15N3/c1-7-5-9(12-11-7)8-3-2-4-10-6-8/h5,8,10H,2-4,6H2,1H3,(H,11,12)/t8-/m0/s1. The van der Waals surface area contributed by atoms with E-state index in [1.54, 1.807) is 0 Å². The van der Waals surface area contributed by atoms with Gasteiger partial charge >= 0.3 is 0 Å². The first-order valence-electron chi connectivity index (χ1n) is 4.59. The highest BCUT2D eigenvalue weighted by molar-refractivity contribution is 5.12. The third-order valence-electron chi connectivity index (χ3n) is 2.44. The van der Waals surface area contributed by atoms with E-state index in [9.17, 15) is 0 Å². The van der Waals surface area contributed by atoms with Gasteiger partial charge in [0.05, 0.1) is 5.69 Å². The first-order valence-corrected chi connectivity index (χ1v) is 4.59. The van der Waals surface area contributed by atoms with Crippen molar-refractivity contribution in [1.82, 2.24) is 15.5 Å². The smallest absolute Gasteiger partial charge is 0.0668 e. The molecule has 0 bridgehead atoms. The van der Waals surface area contributed by atoms with Crippen molar-refractivity contribution in [3.8, 4) is 0 Å². The molecule has 3 nitrogen and oxygen atoms in total. The highest BCUT2D eigenvalue weighted by atomic mass is 15.1. The second kappa shape index (κ2) is 3.27. The maximum atomic E-state index is 4.27. The van der Waals surface area contributed by atoms with Crippen LogP contribution in [0.4, 0.5) is 0 Å². The van der Waals surface area contributed by atoms with Crippen molar-refractivity contribution < 1.29 is 0 Å². The van der Waals surface area contributed by atoms with Crippen LogP contribution in [0, 0.1) is 6.92 Å². The normalized spacial score (nSPS) is 24.2. The predicted octanol–water partition coefficient (Wildman–Crippen LogP) is 1.19. The summed E-state index contributed by atoms with van der Waals surface area (Å²) in [5.41, 5.74) is 2.38. The van der Waals surface area contributed by atoms with Gasteiger partial charge in [-0.3, -0.25) is 5.10 Å². The zero-order valence-corrected chi connectivity index (χ0v) is 7.43. The molecule has 3 heteroatoms. The van der Waals surface area contributed by atoms with Gasteiger partial charge in [-0.1, -0.05) is 0 Å². The van der Waals surface area contributed by atoms with Crippen LogP contribution in [-0.4, -0.2) is 23.3 Å². The van der Waals surface area contributed by atoms with Crippen LogP contribution in [0.2, 0.25) is 0 Å². The third-order valence-corrected chi connectivity index (χ3v) is 2.44. The second-order valence-electron chi connectivity index (χ2n) is 3.52. The first kappa shape index (κ1) is 7.80. The molecule has 0 unspecified atom stereocenters. The topological polar surface area (TPSA) is 40.7 Å². The molecule has 0 aliphatic carbocycles. The van der Waals surface area contributed by atoms with Gasteiger partial charge in [0.1, 0.15) is 0 Å². The lowest BCUT2D eigenvalue weighted by molar-refractivity contribution is 0.454. The fourth-order valence-corrected chi connectivity index (χ4v) is 1.75. The van der Waals surface area contributed by atoms with Gasteiger partial charge in [-0.15, -0.1) is 0 Å². The van der Waals surface area contributed by atoms with Gasteiger partial charge in [-0.25, -0.2) is 0 Å². The van der Waals surface area contributed by atoms with Crippen LogP contribution in [0.5, 0.6) is 0 Å². The number of aromatic amines is 1. The number of hydrogen-bond acceptors (Lipinski definition) is 2. The molecule has 12 heavy (non-hydrogen) atoms. The summed E-state index contributed by atoms with van der Waals surface area (Å²) in [6.07, 6.45) is 2.55. The van der Waals surface area contributed by atoms with Gasteiger partial charge in [-0.2, -0.15) is 5.10 Å².